The number of Topliss-reactive ketones (excluding diaryl/α,β-unsaturated/α-hetero) is 2. The van der Waals surface area contributed by atoms with Gasteiger partial charge < -0.3 is 19.7 Å². The highest BCUT2D eigenvalue weighted by Crippen LogP contribution is 2.59. The summed E-state index contributed by atoms with van der Waals surface area (Å²) >= 11 is 0. The second kappa shape index (κ2) is 9.58. The Bertz CT molecular complexity index is 1680. The molecule has 7 heteroatoms. The summed E-state index contributed by atoms with van der Waals surface area (Å²) in [6.07, 6.45) is 2.07. The predicted molar refractivity (Wildman–Crippen MR) is 163 cm³/mol. The fraction of sp³-hybridized carbons (Fsp3) is 0.343. The summed E-state index contributed by atoms with van der Waals surface area (Å²) in [6, 6.07) is 17.2. The van der Waals surface area contributed by atoms with Crippen molar-refractivity contribution >= 4 is 34.4 Å². The van der Waals surface area contributed by atoms with Gasteiger partial charge in [-0.25, -0.2) is 0 Å². The van der Waals surface area contributed by atoms with Crippen molar-refractivity contribution in [3.8, 4) is 11.5 Å². The van der Waals surface area contributed by atoms with E-state index in [1.165, 1.54) is 14.2 Å². The molecule has 3 aromatic rings. The minimum Gasteiger partial charge on any atom is -0.497 e. The minimum absolute atomic E-state index is 0.110. The van der Waals surface area contributed by atoms with E-state index < -0.39 is 28.8 Å². The van der Waals surface area contributed by atoms with Gasteiger partial charge in [0.2, 0.25) is 5.91 Å². The van der Waals surface area contributed by atoms with Gasteiger partial charge in [0.25, 0.3) is 0 Å². The van der Waals surface area contributed by atoms with Crippen LogP contribution >= 0.6 is 0 Å². The highest BCUT2D eigenvalue weighted by Gasteiger charge is 2.71. The maximum absolute atomic E-state index is 15.1. The number of allylic oxidation sites excluding steroid dienone is 1. The number of ether oxygens (including phenoxy) is 2. The molecule has 1 saturated heterocycles. The fourth-order valence-corrected chi connectivity index (χ4v) is 7.16. The molecule has 0 aliphatic carbocycles. The van der Waals surface area contributed by atoms with E-state index >= 15 is 4.79 Å². The van der Waals surface area contributed by atoms with Crippen molar-refractivity contribution < 1.29 is 23.9 Å². The van der Waals surface area contributed by atoms with Crippen molar-refractivity contribution in [3.63, 3.8) is 0 Å². The molecule has 0 aromatic heterocycles. The number of anilines is 2. The molecule has 3 heterocycles. The van der Waals surface area contributed by atoms with Crippen molar-refractivity contribution in [2.75, 3.05) is 24.4 Å². The zero-order valence-electron chi connectivity index (χ0n) is 25.1. The molecule has 7 nitrogen and oxygen atoms in total. The number of hydrogen-bond acceptors (Lipinski definition) is 6. The van der Waals surface area contributed by atoms with Crippen molar-refractivity contribution in [3.05, 3.63) is 89.0 Å². The average Bonchev–Trinajstić information content (AvgIpc) is 3.43. The van der Waals surface area contributed by atoms with Gasteiger partial charge in [-0.3, -0.25) is 14.4 Å². The van der Waals surface area contributed by atoms with Crippen LogP contribution in [0.15, 0.2) is 66.7 Å². The monoisotopic (exact) mass is 564 g/mol. The maximum Gasteiger partial charge on any atom is 0.238 e. The molecule has 0 unspecified atom stereocenters. The number of carbonyl (C=O) groups excluding carboxylic acids is 3. The average molecular weight is 565 g/mol. The van der Waals surface area contributed by atoms with Crippen molar-refractivity contribution in [2.24, 2.45) is 11.3 Å². The van der Waals surface area contributed by atoms with Gasteiger partial charge in [0.05, 0.1) is 31.7 Å². The second-order valence-electron chi connectivity index (χ2n) is 12.6. The smallest absolute Gasteiger partial charge is 0.238 e. The maximum atomic E-state index is 15.1. The molecule has 1 fully saturated rings. The number of ketones is 2. The normalized spacial score (nSPS) is 24.0. The van der Waals surface area contributed by atoms with Gasteiger partial charge in [0.15, 0.2) is 11.6 Å². The molecule has 1 N–H and O–H groups in total. The number of nitrogens with one attached hydrogen (secondary N) is 1. The van der Waals surface area contributed by atoms with Crippen LogP contribution in [-0.4, -0.2) is 43.8 Å². The number of fused-ring (bicyclic) bond motifs is 6. The van der Waals surface area contributed by atoms with Gasteiger partial charge in [0.1, 0.15) is 23.0 Å². The molecule has 216 valence electrons. The molecule has 4 atom stereocenters. The van der Waals surface area contributed by atoms with Crippen LogP contribution in [0.25, 0.3) is 5.57 Å². The van der Waals surface area contributed by atoms with E-state index in [1.807, 2.05) is 75.9 Å². The standard InChI is InChI=1S/C35H36N2O5/c1-19-12-14-26-22(16-19)20(2)17-28-35(24-10-8-9-11-25(24)36-33(35)40)29(30(37(26)28)32(39)34(3,4)5)31(38)23-18-21(41-6)13-15-27(23)42-7/h8-18,28-30H,1-7H3,(H,36,40)/t28-,29+,30-,35-/m1/s1. The quantitative estimate of drug-likeness (QED) is 0.383. The molecule has 3 aliphatic heterocycles. The lowest BCUT2D eigenvalue weighted by molar-refractivity contribution is -0.128. The third-order valence-corrected chi connectivity index (χ3v) is 9.09. The highest BCUT2D eigenvalue weighted by molar-refractivity contribution is 6.18. The van der Waals surface area contributed by atoms with E-state index in [0.29, 0.717) is 22.7 Å². The number of rotatable bonds is 5. The number of amides is 1. The Morgan fingerprint density at radius 2 is 1.69 bits per heavy atom. The van der Waals surface area contributed by atoms with Crippen LogP contribution in [0.4, 0.5) is 11.4 Å². The van der Waals surface area contributed by atoms with E-state index in [9.17, 15) is 9.59 Å². The van der Waals surface area contributed by atoms with Crippen LogP contribution in [0.1, 0.15) is 54.7 Å². The first-order valence-corrected chi connectivity index (χ1v) is 14.2. The molecule has 3 aliphatic rings. The molecular formula is C35H36N2O5. The summed E-state index contributed by atoms with van der Waals surface area (Å²) in [5.41, 5.74) is 3.39. The number of carbonyl (C=O) groups is 3. The van der Waals surface area contributed by atoms with Gasteiger partial charge in [-0.15, -0.1) is 0 Å². The molecule has 1 spiro atoms. The molecular weight excluding hydrogens is 528 g/mol. The van der Waals surface area contributed by atoms with Crippen LogP contribution in [0.5, 0.6) is 11.5 Å². The summed E-state index contributed by atoms with van der Waals surface area (Å²) in [5, 5.41) is 3.08. The third-order valence-electron chi connectivity index (χ3n) is 9.09. The third kappa shape index (κ3) is 3.75. The summed E-state index contributed by atoms with van der Waals surface area (Å²) in [7, 11) is 3.04. The lowest BCUT2D eigenvalue weighted by Crippen LogP contribution is -2.51. The van der Waals surface area contributed by atoms with Gasteiger partial charge in [0, 0.05) is 22.4 Å². The van der Waals surface area contributed by atoms with Gasteiger partial charge in [-0.2, -0.15) is 0 Å². The van der Waals surface area contributed by atoms with Crippen LogP contribution in [0, 0.1) is 18.3 Å². The van der Waals surface area contributed by atoms with Crippen molar-refractivity contribution in [2.45, 2.75) is 52.1 Å². The number of nitrogens with zero attached hydrogens (tertiary/aromatic N) is 1. The number of benzene rings is 3. The predicted octanol–water partition coefficient (Wildman–Crippen LogP) is 5.99. The van der Waals surface area contributed by atoms with Crippen LogP contribution in [-0.2, 0) is 15.0 Å². The van der Waals surface area contributed by atoms with Crippen LogP contribution in [0.3, 0.4) is 0 Å². The van der Waals surface area contributed by atoms with E-state index in [1.54, 1.807) is 18.2 Å². The van der Waals surface area contributed by atoms with Gasteiger partial charge >= 0.3 is 0 Å². The number of aryl methyl sites for hydroxylation is 1. The SMILES string of the molecule is COc1ccc(OC)c(C(=O)[C@@H]2[C@H](C(=O)C(C)(C)C)N3c4ccc(C)cc4C(C)=C[C@@H]3[C@@]23C(=O)Nc2ccccc23)c1. The molecule has 0 bridgehead atoms. The van der Waals surface area contributed by atoms with Crippen LogP contribution in [0.2, 0.25) is 0 Å². The fourth-order valence-electron chi connectivity index (χ4n) is 7.16. The molecule has 1 amide bonds. The summed E-state index contributed by atoms with van der Waals surface area (Å²) in [6.45, 7) is 9.67. The Morgan fingerprint density at radius 1 is 0.952 bits per heavy atom. The molecule has 0 radical (unpaired) electrons. The Balaban J connectivity index is 1.72. The van der Waals surface area contributed by atoms with Crippen LogP contribution < -0.4 is 19.7 Å². The minimum atomic E-state index is -1.38. The number of methoxy groups -OCH3 is 2. The summed E-state index contributed by atoms with van der Waals surface area (Å²) in [4.78, 5) is 46.4. The van der Waals surface area contributed by atoms with E-state index in [2.05, 4.69) is 17.5 Å². The lowest BCUT2D eigenvalue weighted by atomic mass is 9.63. The van der Waals surface area contributed by atoms with Gasteiger partial charge in [-0.1, -0.05) is 56.7 Å². The van der Waals surface area contributed by atoms with E-state index in [4.69, 9.17) is 9.47 Å². The topological polar surface area (TPSA) is 84.9 Å². The van der Waals surface area contributed by atoms with E-state index in [-0.39, 0.29) is 23.0 Å². The van der Waals surface area contributed by atoms with Crippen molar-refractivity contribution in [1.29, 1.82) is 0 Å². The molecule has 3 aromatic carbocycles. The molecule has 42 heavy (non-hydrogen) atoms. The summed E-state index contributed by atoms with van der Waals surface area (Å²) in [5.74, 6) is -0.957. The largest absolute Gasteiger partial charge is 0.497 e. The lowest BCUT2D eigenvalue weighted by Gasteiger charge is -2.40. The van der Waals surface area contributed by atoms with E-state index in [0.717, 1.165) is 22.4 Å². The second-order valence-corrected chi connectivity index (χ2v) is 12.6. The Kier molecular flexibility index (Phi) is 6.33. The first-order chi connectivity index (χ1) is 19.9. The first kappa shape index (κ1) is 27.8. The molecule has 6 rings (SSSR count). The number of hydrogen-bond donors (Lipinski definition) is 1. The Labute approximate surface area is 246 Å². The highest BCUT2D eigenvalue weighted by atomic mass is 16.5. The summed E-state index contributed by atoms with van der Waals surface area (Å²) < 4.78 is 11.1. The van der Waals surface area contributed by atoms with Gasteiger partial charge in [-0.05, 0) is 61.4 Å². The zero-order chi connectivity index (χ0) is 30.1. The van der Waals surface area contributed by atoms with Crippen molar-refractivity contribution in [1.82, 2.24) is 0 Å². The first-order valence-electron chi connectivity index (χ1n) is 14.2. The molecule has 0 saturated carbocycles. The number of para-hydroxylation sites is 1. The zero-order valence-corrected chi connectivity index (χ0v) is 25.1. The Morgan fingerprint density at radius 3 is 2.38 bits per heavy atom. The Hall–Kier alpha value is -4.39.